The molecule has 3 aromatic rings. The summed E-state index contributed by atoms with van der Waals surface area (Å²) in [6.45, 7) is 6.26. The van der Waals surface area contributed by atoms with Crippen molar-refractivity contribution in [1.82, 2.24) is 20.6 Å². The minimum atomic E-state index is -1.00. The third-order valence-electron chi connectivity index (χ3n) is 5.24. The molecule has 0 radical (unpaired) electrons. The van der Waals surface area contributed by atoms with Gasteiger partial charge >= 0.3 is 6.09 Å². The SMILES string of the molecule is Cc1ccc(-c2cnco2)cc1.O=C(O)NCc1ccnc(N2CCC2)c1.OC1CCNC1. The number of carbonyl (C=O) groups is 1. The van der Waals surface area contributed by atoms with E-state index in [9.17, 15) is 4.79 Å². The van der Waals surface area contributed by atoms with Crippen molar-refractivity contribution in [2.45, 2.75) is 32.4 Å². The third-order valence-corrected chi connectivity index (χ3v) is 5.24. The number of aromatic nitrogens is 2. The predicted molar refractivity (Wildman–Crippen MR) is 126 cm³/mol. The maximum Gasteiger partial charge on any atom is 0.404 e. The molecule has 2 aliphatic rings. The number of pyridine rings is 1. The van der Waals surface area contributed by atoms with E-state index in [-0.39, 0.29) is 6.10 Å². The molecule has 1 amide bonds. The molecule has 0 saturated carbocycles. The molecule has 2 saturated heterocycles. The number of hydrogen-bond acceptors (Lipinski definition) is 7. The molecule has 9 nitrogen and oxygen atoms in total. The van der Waals surface area contributed by atoms with E-state index in [1.165, 1.54) is 18.4 Å². The Bertz CT molecular complexity index is 969. The second-order valence-corrected chi connectivity index (χ2v) is 7.90. The molecular formula is C24H31N5O4. The van der Waals surface area contributed by atoms with Gasteiger partial charge in [-0.1, -0.05) is 29.8 Å². The molecule has 1 aromatic carbocycles. The summed E-state index contributed by atoms with van der Waals surface area (Å²) in [4.78, 5) is 20.6. The summed E-state index contributed by atoms with van der Waals surface area (Å²) in [5, 5.41) is 22.5. The van der Waals surface area contributed by atoms with Crippen LogP contribution in [0.1, 0.15) is 24.0 Å². The average molecular weight is 454 g/mol. The van der Waals surface area contributed by atoms with Crippen molar-refractivity contribution in [2.75, 3.05) is 31.1 Å². The Balaban J connectivity index is 0.000000151. The number of carboxylic acid groups (broad SMARTS) is 1. The summed E-state index contributed by atoms with van der Waals surface area (Å²) in [5.41, 5.74) is 3.26. The van der Waals surface area contributed by atoms with Gasteiger partial charge in [-0.3, -0.25) is 0 Å². The molecule has 4 heterocycles. The first kappa shape index (κ1) is 24.2. The van der Waals surface area contributed by atoms with Gasteiger partial charge in [0.05, 0.1) is 12.3 Å². The normalized spacial score (nSPS) is 16.5. The number of nitrogens with one attached hydrogen (secondary N) is 2. The van der Waals surface area contributed by atoms with Crippen LogP contribution in [0.15, 0.2) is 59.6 Å². The smallest absolute Gasteiger partial charge is 0.404 e. The Kier molecular flexibility index (Phi) is 9.22. The van der Waals surface area contributed by atoms with Crippen LogP contribution < -0.4 is 15.5 Å². The first-order chi connectivity index (χ1) is 16.0. The molecule has 9 heteroatoms. The fourth-order valence-corrected chi connectivity index (χ4v) is 3.18. The summed E-state index contributed by atoms with van der Waals surface area (Å²) < 4.78 is 5.15. The van der Waals surface area contributed by atoms with Crippen LogP contribution in [0.4, 0.5) is 10.6 Å². The molecule has 2 fully saturated rings. The highest BCUT2D eigenvalue weighted by Gasteiger charge is 2.15. The Morgan fingerprint density at radius 1 is 1.27 bits per heavy atom. The van der Waals surface area contributed by atoms with E-state index in [2.05, 4.69) is 44.6 Å². The molecule has 1 unspecified atom stereocenters. The van der Waals surface area contributed by atoms with Gasteiger partial charge in [0.25, 0.3) is 0 Å². The summed E-state index contributed by atoms with van der Waals surface area (Å²) in [6.07, 6.45) is 5.94. The Hall–Kier alpha value is -3.43. The fourth-order valence-electron chi connectivity index (χ4n) is 3.18. The zero-order chi connectivity index (χ0) is 23.5. The standard InChI is InChI=1S/C10H13N3O2.C10H9NO.C4H9NO/c14-10(15)12-7-8-2-3-11-9(6-8)13-4-1-5-13;1-8-2-4-9(5-3-8)10-6-11-7-12-10;6-4-1-2-5-3-4/h2-3,6,12H,1,4-5,7H2,(H,14,15);2-7H,1H3;4-6H,1-3H2. The first-order valence-electron chi connectivity index (χ1n) is 11.0. The van der Waals surface area contributed by atoms with E-state index < -0.39 is 6.09 Å². The zero-order valence-electron chi connectivity index (χ0n) is 18.8. The Morgan fingerprint density at radius 3 is 2.58 bits per heavy atom. The van der Waals surface area contributed by atoms with E-state index in [1.54, 1.807) is 12.4 Å². The van der Waals surface area contributed by atoms with Crippen LogP contribution in [-0.4, -0.2) is 58.6 Å². The molecule has 4 N–H and O–H groups in total. The van der Waals surface area contributed by atoms with Crippen molar-refractivity contribution >= 4 is 11.9 Å². The van der Waals surface area contributed by atoms with Crippen LogP contribution in [0.25, 0.3) is 11.3 Å². The van der Waals surface area contributed by atoms with Crippen molar-refractivity contribution in [3.8, 4) is 11.3 Å². The quantitative estimate of drug-likeness (QED) is 0.475. The monoisotopic (exact) mass is 453 g/mol. The van der Waals surface area contributed by atoms with E-state index in [0.717, 1.165) is 55.3 Å². The molecule has 2 aromatic heterocycles. The van der Waals surface area contributed by atoms with Crippen molar-refractivity contribution in [1.29, 1.82) is 0 Å². The maximum atomic E-state index is 10.3. The van der Waals surface area contributed by atoms with Gasteiger partial charge in [-0.15, -0.1) is 0 Å². The van der Waals surface area contributed by atoms with E-state index in [0.29, 0.717) is 6.54 Å². The number of oxazole rings is 1. The molecular weight excluding hydrogens is 422 g/mol. The summed E-state index contributed by atoms with van der Waals surface area (Å²) in [5.74, 6) is 1.75. The van der Waals surface area contributed by atoms with Gasteiger partial charge in [-0.05, 0) is 44.0 Å². The lowest BCUT2D eigenvalue weighted by molar-refractivity contribution is 0.193. The number of amides is 1. The Labute approximate surface area is 193 Å². The third kappa shape index (κ3) is 8.21. The highest BCUT2D eigenvalue weighted by atomic mass is 16.4. The van der Waals surface area contributed by atoms with Crippen molar-refractivity contribution in [3.05, 3.63) is 66.3 Å². The number of rotatable bonds is 4. The number of aliphatic hydroxyl groups is 1. The largest absolute Gasteiger partial charge is 0.465 e. The van der Waals surface area contributed by atoms with Crippen LogP contribution in [0, 0.1) is 6.92 Å². The number of nitrogens with zero attached hydrogens (tertiary/aromatic N) is 3. The van der Waals surface area contributed by atoms with Gasteiger partial charge in [0.15, 0.2) is 12.2 Å². The second kappa shape index (κ2) is 12.6. The van der Waals surface area contributed by atoms with Gasteiger partial charge in [0.1, 0.15) is 5.82 Å². The van der Waals surface area contributed by atoms with Crippen LogP contribution in [0.5, 0.6) is 0 Å². The average Bonchev–Trinajstić information content (AvgIpc) is 3.47. The number of aryl methyl sites for hydroxylation is 1. The molecule has 0 bridgehead atoms. The molecule has 1 atom stereocenters. The summed E-state index contributed by atoms with van der Waals surface area (Å²) >= 11 is 0. The highest BCUT2D eigenvalue weighted by molar-refractivity contribution is 5.64. The fraction of sp³-hybridized carbons (Fsp3) is 0.375. The Morgan fingerprint density at radius 2 is 2.06 bits per heavy atom. The van der Waals surface area contributed by atoms with Gasteiger partial charge in [-0.2, -0.15) is 0 Å². The maximum absolute atomic E-state index is 10.3. The van der Waals surface area contributed by atoms with Gasteiger partial charge in [0.2, 0.25) is 0 Å². The van der Waals surface area contributed by atoms with Crippen molar-refractivity contribution < 1.29 is 19.4 Å². The number of benzene rings is 1. The van der Waals surface area contributed by atoms with Gasteiger partial charge in [-0.25, -0.2) is 14.8 Å². The lowest BCUT2D eigenvalue weighted by atomic mass is 10.1. The van der Waals surface area contributed by atoms with E-state index in [4.69, 9.17) is 14.6 Å². The molecule has 0 aliphatic carbocycles. The zero-order valence-corrected chi connectivity index (χ0v) is 18.8. The van der Waals surface area contributed by atoms with E-state index in [1.807, 2.05) is 24.3 Å². The molecule has 0 spiro atoms. The van der Waals surface area contributed by atoms with Crippen LogP contribution in [0.2, 0.25) is 0 Å². The first-order valence-corrected chi connectivity index (χ1v) is 11.0. The lowest BCUT2D eigenvalue weighted by Gasteiger charge is -2.32. The summed E-state index contributed by atoms with van der Waals surface area (Å²) in [7, 11) is 0. The molecule has 5 rings (SSSR count). The second-order valence-electron chi connectivity index (χ2n) is 7.90. The summed E-state index contributed by atoms with van der Waals surface area (Å²) in [6, 6.07) is 11.9. The van der Waals surface area contributed by atoms with Crippen molar-refractivity contribution in [3.63, 3.8) is 0 Å². The van der Waals surface area contributed by atoms with Crippen LogP contribution in [-0.2, 0) is 6.54 Å². The molecule has 33 heavy (non-hydrogen) atoms. The minimum Gasteiger partial charge on any atom is -0.465 e. The van der Waals surface area contributed by atoms with Crippen LogP contribution >= 0.6 is 0 Å². The van der Waals surface area contributed by atoms with Crippen molar-refractivity contribution in [2.24, 2.45) is 0 Å². The predicted octanol–water partition coefficient (Wildman–Crippen LogP) is 3.05. The topological polar surface area (TPSA) is 124 Å². The number of hydrogen-bond donors (Lipinski definition) is 4. The molecule has 2 aliphatic heterocycles. The minimum absolute atomic E-state index is 0.0648. The van der Waals surface area contributed by atoms with Gasteiger partial charge in [0, 0.05) is 37.9 Å². The molecule has 176 valence electrons. The van der Waals surface area contributed by atoms with Gasteiger partial charge < -0.3 is 30.2 Å². The van der Waals surface area contributed by atoms with E-state index >= 15 is 0 Å². The highest BCUT2D eigenvalue weighted by Crippen LogP contribution is 2.19. The number of β-amino-alcohol motifs (C(OH)–C–C–N with tert-alkyl or cyclic N) is 1. The lowest BCUT2D eigenvalue weighted by Crippen LogP contribution is -2.37. The number of aliphatic hydroxyl groups excluding tert-OH is 1. The number of anilines is 1. The van der Waals surface area contributed by atoms with Crippen LogP contribution in [0.3, 0.4) is 0 Å².